The van der Waals surface area contributed by atoms with Gasteiger partial charge in [0.1, 0.15) is 5.82 Å². The summed E-state index contributed by atoms with van der Waals surface area (Å²) in [6, 6.07) is 1.82. The van der Waals surface area contributed by atoms with Gasteiger partial charge in [0.2, 0.25) is 0 Å². The minimum Gasteiger partial charge on any atom is -0.383 e. The molecule has 0 saturated heterocycles. The molecule has 0 spiro atoms. The van der Waals surface area contributed by atoms with Gasteiger partial charge in [-0.25, -0.2) is 4.98 Å². The van der Waals surface area contributed by atoms with E-state index in [1.165, 1.54) is 25.7 Å². The molecule has 1 fully saturated rings. The van der Waals surface area contributed by atoms with Crippen LogP contribution in [0.3, 0.4) is 0 Å². The van der Waals surface area contributed by atoms with Crippen LogP contribution in [-0.4, -0.2) is 4.98 Å². The van der Waals surface area contributed by atoms with Crippen molar-refractivity contribution in [2.24, 2.45) is 17.6 Å². The standard InChI is InChI=1S/C13H20ClN3/c1-8-2-4-9(5-3-8)12(15)11-6-10(14)7-17-13(11)16/h6-9,12H,2-5,15H2,1H3,(H2,16,17). The monoisotopic (exact) mass is 253 g/mol. The summed E-state index contributed by atoms with van der Waals surface area (Å²) in [5, 5.41) is 0.605. The third-order valence-electron chi connectivity index (χ3n) is 3.84. The zero-order valence-electron chi connectivity index (χ0n) is 10.2. The van der Waals surface area contributed by atoms with Crippen LogP contribution in [0.25, 0.3) is 0 Å². The summed E-state index contributed by atoms with van der Waals surface area (Å²) >= 11 is 5.95. The van der Waals surface area contributed by atoms with Gasteiger partial charge in [-0.05, 0) is 30.7 Å². The highest BCUT2D eigenvalue weighted by Gasteiger charge is 2.26. The number of nitrogens with zero attached hydrogens (tertiary/aromatic N) is 1. The molecule has 4 N–H and O–H groups in total. The maximum absolute atomic E-state index is 6.31. The van der Waals surface area contributed by atoms with Gasteiger partial charge in [0, 0.05) is 17.8 Å². The van der Waals surface area contributed by atoms with Crippen molar-refractivity contribution in [1.29, 1.82) is 0 Å². The van der Waals surface area contributed by atoms with Crippen LogP contribution in [0.15, 0.2) is 12.3 Å². The normalized spacial score (nSPS) is 26.8. The average molecular weight is 254 g/mol. The number of nitrogen functional groups attached to an aromatic ring is 1. The van der Waals surface area contributed by atoms with Crippen LogP contribution in [0.1, 0.15) is 44.2 Å². The summed E-state index contributed by atoms with van der Waals surface area (Å²) in [5.74, 6) is 1.85. The number of halogens is 1. The Labute approximate surface area is 108 Å². The molecule has 1 aromatic rings. The molecule has 0 aliphatic heterocycles. The molecule has 0 amide bonds. The molecule has 1 aliphatic rings. The van der Waals surface area contributed by atoms with Crippen molar-refractivity contribution in [3.05, 3.63) is 22.8 Å². The lowest BCUT2D eigenvalue weighted by atomic mass is 9.78. The van der Waals surface area contributed by atoms with Crippen molar-refractivity contribution in [3.8, 4) is 0 Å². The lowest BCUT2D eigenvalue weighted by Gasteiger charge is -2.31. The topological polar surface area (TPSA) is 64.9 Å². The third-order valence-corrected chi connectivity index (χ3v) is 4.05. The number of aromatic nitrogens is 1. The van der Waals surface area contributed by atoms with E-state index in [1.807, 2.05) is 6.07 Å². The molecule has 1 atom stereocenters. The number of rotatable bonds is 2. The van der Waals surface area contributed by atoms with E-state index in [9.17, 15) is 0 Å². The Bertz CT molecular complexity index is 386. The molecule has 4 heteroatoms. The molecule has 3 nitrogen and oxygen atoms in total. The van der Waals surface area contributed by atoms with Gasteiger partial charge in [-0.15, -0.1) is 0 Å². The minimum absolute atomic E-state index is 0.0336. The second-order valence-corrected chi connectivity index (χ2v) is 5.61. The number of hydrogen-bond donors (Lipinski definition) is 2. The summed E-state index contributed by atoms with van der Waals surface area (Å²) < 4.78 is 0. The lowest BCUT2D eigenvalue weighted by Crippen LogP contribution is -2.26. The van der Waals surface area contributed by atoms with Crippen LogP contribution in [0.5, 0.6) is 0 Å². The van der Waals surface area contributed by atoms with Gasteiger partial charge in [0.25, 0.3) is 0 Å². The Balaban J connectivity index is 2.13. The van der Waals surface area contributed by atoms with Crippen LogP contribution in [-0.2, 0) is 0 Å². The summed E-state index contributed by atoms with van der Waals surface area (Å²) in [6.07, 6.45) is 6.43. The van der Waals surface area contributed by atoms with Crippen molar-refractivity contribution in [1.82, 2.24) is 4.98 Å². The number of nitrogens with two attached hydrogens (primary N) is 2. The van der Waals surface area contributed by atoms with E-state index in [4.69, 9.17) is 23.1 Å². The van der Waals surface area contributed by atoms with Gasteiger partial charge in [0.15, 0.2) is 0 Å². The van der Waals surface area contributed by atoms with E-state index in [1.54, 1.807) is 6.20 Å². The van der Waals surface area contributed by atoms with Crippen LogP contribution in [0, 0.1) is 11.8 Å². The first-order valence-corrected chi connectivity index (χ1v) is 6.62. The average Bonchev–Trinajstić information content (AvgIpc) is 2.32. The highest BCUT2D eigenvalue weighted by Crippen LogP contribution is 2.37. The maximum Gasteiger partial charge on any atom is 0.128 e. The highest BCUT2D eigenvalue weighted by atomic mass is 35.5. The quantitative estimate of drug-likeness (QED) is 0.851. The number of anilines is 1. The molecule has 1 saturated carbocycles. The van der Waals surface area contributed by atoms with Gasteiger partial charge in [-0.1, -0.05) is 31.4 Å². The van der Waals surface area contributed by atoms with Crippen LogP contribution >= 0.6 is 11.6 Å². The van der Waals surface area contributed by atoms with Gasteiger partial charge < -0.3 is 11.5 Å². The van der Waals surface area contributed by atoms with Crippen LogP contribution < -0.4 is 11.5 Å². The van der Waals surface area contributed by atoms with Gasteiger partial charge in [0.05, 0.1) is 5.02 Å². The van der Waals surface area contributed by atoms with E-state index in [0.717, 1.165) is 11.5 Å². The smallest absolute Gasteiger partial charge is 0.128 e. The van der Waals surface area contributed by atoms with E-state index in [2.05, 4.69) is 11.9 Å². The molecule has 1 aliphatic carbocycles. The fraction of sp³-hybridized carbons (Fsp3) is 0.615. The Hall–Kier alpha value is -0.800. The third kappa shape index (κ3) is 2.90. The zero-order chi connectivity index (χ0) is 12.4. The molecule has 1 heterocycles. The first kappa shape index (κ1) is 12.7. The van der Waals surface area contributed by atoms with E-state index >= 15 is 0 Å². The Morgan fingerprint density at radius 1 is 1.35 bits per heavy atom. The molecule has 1 unspecified atom stereocenters. The van der Waals surface area contributed by atoms with Gasteiger partial charge >= 0.3 is 0 Å². The predicted molar refractivity (Wildman–Crippen MR) is 71.7 cm³/mol. The molecule has 2 rings (SSSR count). The lowest BCUT2D eigenvalue weighted by molar-refractivity contribution is 0.256. The fourth-order valence-corrected chi connectivity index (χ4v) is 2.80. The van der Waals surface area contributed by atoms with Crippen molar-refractivity contribution >= 4 is 17.4 Å². The minimum atomic E-state index is -0.0336. The second-order valence-electron chi connectivity index (χ2n) is 5.17. The first-order chi connectivity index (χ1) is 8.08. The maximum atomic E-state index is 6.31. The molecule has 1 aromatic heterocycles. The van der Waals surface area contributed by atoms with Crippen molar-refractivity contribution < 1.29 is 0 Å². The van der Waals surface area contributed by atoms with Crippen molar-refractivity contribution in [2.75, 3.05) is 5.73 Å². The van der Waals surface area contributed by atoms with Gasteiger partial charge in [-0.2, -0.15) is 0 Å². The van der Waals surface area contributed by atoms with Crippen molar-refractivity contribution in [2.45, 2.75) is 38.6 Å². The largest absolute Gasteiger partial charge is 0.383 e. The molecular weight excluding hydrogens is 234 g/mol. The van der Waals surface area contributed by atoms with Gasteiger partial charge in [-0.3, -0.25) is 0 Å². The van der Waals surface area contributed by atoms with Crippen LogP contribution in [0.2, 0.25) is 5.02 Å². The Kier molecular flexibility index (Phi) is 3.89. The first-order valence-electron chi connectivity index (χ1n) is 6.24. The van der Waals surface area contributed by atoms with Crippen molar-refractivity contribution in [3.63, 3.8) is 0 Å². The zero-order valence-corrected chi connectivity index (χ0v) is 11.0. The molecule has 0 aromatic carbocycles. The van der Waals surface area contributed by atoms with E-state index < -0.39 is 0 Å². The summed E-state index contributed by atoms with van der Waals surface area (Å²) in [7, 11) is 0. The second kappa shape index (κ2) is 5.23. The molecule has 0 radical (unpaired) electrons. The molecular formula is C13H20ClN3. The Morgan fingerprint density at radius 2 is 2.00 bits per heavy atom. The summed E-state index contributed by atoms with van der Waals surface area (Å²) in [6.45, 7) is 2.30. The van der Waals surface area contributed by atoms with Crippen LogP contribution in [0.4, 0.5) is 5.82 Å². The predicted octanol–water partition coefficient (Wildman–Crippen LogP) is 3.14. The molecule has 0 bridgehead atoms. The summed E-state index contributed by atoms with van der Waals surface area (Å²) in [5.41, 5.74) is 13.1. The SMILES string of the molecule is CC1CCC(C(N)c2cc(Cl)cnc2N)CC1. The number of pyridine rings is 1. The van der Waals surface area contributed by atoms with E-state index in [-0.39, 0.29) is 6.04 Å². The van der Waals surface area contributed by atoms with E-state index in [0.29, 0.717) is 16.8 Å². The summed E-state index contributed by atoms with van der Waals surface area (Å²) in [4.78, 5) is 4.08. The molecule has 94 valence electrons. The fourth-order valence-electron chi connectivity index (χ4n) is 2.63. The molecule has 17 heavy (non-hydrogen) atoms. The highest BCUT2D eigenvalue weighted by molar-refractivity contribution is 6.30. The Morgan fingerprint density at radius 3 is 2.65 bits per heavy atom. The number of hydrogen-bond acceptors (Lipinski definition) is 3.